The molecule has 0 saturated heterocycles. The Kier molecular flexibility index (Phi) is 5.35. The van der Waals surface area contributed by atoms with Gasteiger partial charge in [-0.15, -0.1) is 0 Å². The fourth-order valence-electron chi connectivity index (χ4n) is 2.02. The van der Waals surface area contributed by atoms with Crippen molar-refractivity contribution in [1.29, 1.82) is 0 Å². The number of thiophene rings is 1. The van der Waals surface area contributed by atoms with Crippen molar-refractivity contribution in [2.24, 2.45) is 0 Å². The Morgan fingerprint density at radius 1 is 1.35 bits per heavy atom. The first-order valence-corrected chi connectivity index (χ1v) is 7.99. The van der Waals surface area contributed by atoms with Crippen LogP contribution in [0.2, 0.25) is 0 Å². The van der Waals surface area contributed by atoms with Crippen molar-refractivity contribution in [3.05, 3.63) is 34.2 Å². The summed E-state index contributed by atoms with van der Waals surface area (Å²) < 4.78 is 0. The lowest BCUT2D eigenvalue weighted by atomic mass is 10.1. The van der Waals surface area contributed by atoms with E-state index >= 15 is 0 Å². The number of anilines is 2. The topological polar surface area (TPSA) is 49.8 Å². The average Bonchev–Trinajstić information content (AvgIpc) is 2.88. The summed E-state index contributed by atoms with van der Waals surface area (Å²) in [5.74, 6) is 1.59. The van der Waals surface area contributed by atoms with Crippen LogP contribution in [0, 0.1) is 6.92 Å². The molecule has 1 atom stereocenters. The van der Waals surface area contributed by atoms with E-state index < -0.39 is 0 Å². The van der Waals surface area contributed by atoms with Gasteiger partial charge < -0.3 is 10.6 Å². The molecule has 0 aliphatic heterocycles. The standard InChI is InChI=1S/C15H22N4S/c1-4-6-16-15-18-12(3)9-14(19-15)17-11(2)8-13-5-7-20-10-13/h5,7,9-11H,4,6,8H2,1-3H3,(H2,16,17,18,19). The number of aryl methyl sites for hydroxylation is 1. The van der Waals surface area contributed by atoms with Gasteiger partial charge in [0.2, 0.25) is 5.95 Å². The molecule has 0 spiro atoms. The van der Waals surface area contributed by atoms with Gasteiger partial charge in [-0.25, -0.2) is 4.98 Å². The Morgan fingerprint density at radius 2 is 2.20 bits per heavy atom. The van der Waals surface area contributed by atoms with Crippen LogP contribution in [0.4, 0.5) is 11.8 Å². The van der Waals surface area contributed by atoms with Crippen molar-refractivity contribution in [3.8, 4) is 0 Å². The van der Waals surface area contributed by atoms with Gasteiger partial charge in [-0.3, -0.25) is 0 Å². The zero-order valence-corrected chi connectivity index (χ0v) is 13.1. The van der Waals surface area contributed by atoms with E-state index in [1.165, 1.54) is 5.56 Å². The summed E-state index contributed by atoms with van der Waals surface area (Å²) in [6, 6.07) is 4.50. The van der Waals surface area contributed by atoms with Crippen LogP contribution in [-0.4, -0.2) is 22.6 Å². The van der Waals surface area contributed by atoms with Crippen molar-refractivity contribution >= 4 is 23.1 Å². The molecule has 20 heavy (non-hydrogen) atoms. The Labute approximate surface area is 124 Å². The molecule has 5 heteroatoms. The Hall–Kier alpha value is -1.62. The van der Waals surface area contributed by atoms with E-state index in [-0.39, 0.29) is 0 Å². The highest BCUT2D eigenvalue weighted by atomic mass is 32.1. The molecular weight excluding hydrogens is 268 g/mol. The fraction of sp³-hybridized carbons (Fsp3) is 0.467. The van der Waals surface area contributed by atoms with Gasteiger partial charge in [0.25, 0.3) is 0 Å². The van der Waals surface area contributed by atoms with Crippen molar-refractivity contribution in [2.75, 3.05) is 17.2 Å². The predicted molar refractivity (Wildman–Crippen MR) is 86.7 cm³/mol. The summed E-state index contributed by atoms with van der Waals surface area (Å²) in [4.78, 5) is 8.90. The molecule has 2 aromatic rings. The fourth-order valence-corrected chi connectivity index (χ4v) is 2.71. The van der Waals surface area contributed by atoms with Crippen molar-refractivity contribution < 1.29 is 0 Å². The van der Waals surface area contributed by atoms with Gasteiger partial charge in [-0.05, 0) is 49.1 Å². The van der Waals surface area contributed by atoms with Gasteiger partial charge in [0.05, 0.1) is 0 Å². The van der Waals surface area contributed by atoms with Crippen LogP contribution in [0.15, 0.2) is 22.9 Å². The van der Waals surface area contributed by atoms with Gasteiger partial charge in [0.1, 0.15) is 5.82 Å². The summed E-state index contributed by atoms with van der Waals surface area (Å²) in [5, 5.41) is 11.0. The second-order valence-corrected chi connectivity index (χ2v) is 5.81. The Balaban J connectivity index is 1.98. The summed E-state index contributed by atoms with van der Waals surface area (Å²) in [6.45, 7) is 7.19. The van der Waals surface area contributed by atoms with Crippen molar-refractivity contribution in [2.45, 2.75) is 39.7 Å². The van der Waals surface area contributed by atoms with E-state index in [0.717, 1.165) is 30.9 Å². The molecule has 1 unspecified atom stereocenters. The van der Waals surface area contributed by atoms with Crippen LogP contribution in [0.1, 0.15) is 31.5 Å². The lowest BCUT2D eigenvalue weighted by Gasteiger charge is -2.15. The van der Waals surface area contributed by atoms with Crippen LogP contribution in [0.5, 0.6) is 0 Å². The highest BCUT2D eigenvalue weighted by Gasteiger charge is 2.07. The smallest absolute Gasteiger partial charge is 0.224 e. The molecule has 0 amide bonds. The van der Waals surface area contributed by atoms with Gasteiger partial charge in [0.15, 0.2) is 0 Å². The minimum absolute atomic E-state index is 0.345. The number of hydrogen-bond acceptors (Lipinski definition) is 5. The van der Waals surface area contributed by atoms with E-state index in [0.29, 0.717) is 12.0 Å². The normalized spacial score (nSPS) is 12.2. The Morgan fingerprint density at radius 3 is 2.90 bits per heavy atom. The summed E-state index contributed by atoms with van der Waals surface area (Å²) in [5.41, 5.74) is 2.34. The monoisotopic (exact) mass is 290 g/mol. The highest BCUT2D eigenvalue weighted by molar-refractivity contribution is 7.07. The third-order valence-corrected chi connectivity index (χ3v) is 3.64. The molecule has 0 bridgehead atoms. The van der Waals surface area contributed by atoms with Crippen molar-refractivity contribution in [1.82, 2.24) is 9.97 Å². The molecule has 0 aromatic carbocycles. The first-order valence-electron chi connectivity index (χ1n) is 7.04. The number of nitrogens with one attached hydrogen (secondary N) is 2. The summed E-state index contributed by atoms with van der Waals surface area (Å²) in [6.07, 6.45) is 2.07. The largest absolute Gasteiger partial charge is 0.367 e. The lowest BCUT2D eigenvalue weighted by Crippen LogP contribution is -2.19. The molecule has 2 aromatic heterocycles. The van der Waals surface area contributed by atoms with E-state index in [1.807, 2.05) is 13.0 Å². The minimum Gasteiger partial charge on any atom is -0.367 e. The number of nitrogens with zero attached hydrogens (tertiary/aromatic N) is 2. The highest BCUT2D eigenvalue weighted by Crippen LogP contribution is 2.14. The molecule has 2 rings (SSSR count). The van der Waals surface area contributed by atoms with Crippen LogP contribution < -0.4 is 10.6 Å². The molecule has 0 radical (unpaired) electrons. The quantitative estimate of drug-likeness (QED) is 0.816. The summed E-state index contributed by atoms with van der Waals surface area (Å²) >= 11 is 1.74. The number of aromatic nitrogens is 2. The van der Waals surface area contributed by atoms with Crippen LogP contribution in [0.25, 0.3) is 0 Å². The molecule has 108 valence electrons. The van der Waals surface area contributed by atoms with Crippen LogP contribution in [-0.2, 0) is 6.42 Å². The maximum Gasteiger partial charge on any atom is 0.224 e. The number of rotatable bonds is 7. The zero-order chi connectivity index (χ0) is 14.4. The number of hydrogen-bond donors (Lipinski definition) is 2. The van der Waals surface area contributed by atoms with Gasteiger partial charge in [0, 0.05) is 24.3 Å². The first kappa shape index (κ1) is 14.8. The third-order valence-electron chi connectivity index (χ3n) is 2.90. The maximum atomic E-state index is 4.51. The maximum absolute atomic E-state index is 4.51. The molecule has 0 aliphatic rings. The summed E-state index contributed by atoms with van der Waals surface area (Å²) in [7, 11) is 0. The predicted octanol–water partition coefficient (Wildman–Crippen LogP) is 3.71. The second-order valence-electron chi connectivity index (χ2n) is 5.03. The van der Waals surface area contributed by atoms with E-state index in [1.54, 1.807) is 11.3 Å². The SMILES string of the molecule is CCCNc1nc(C)cc(NC(C)Cc2ccsc2)n1. The van der Waals surface area contributed by atoms with Crippen LogP contribution in [0.3, 0.4) is 0 Å². The third kappa shape index (κ3) is 4.49. The molecule has 2 heterocycles. The van der Waals surface area contributed by atoms with Gasteiger partial charge >= 0.3 is 0 Å². The van der Waals surface area contributed by atoms with Crippen LogP contribution >= 0.6 is 11.3 Å². The molecular formula is C15H22N4S. The molecule has 4 nitrogen and oxygen atoms in total. The molecule has 0 saturated carbocycles. The van der Waals surface area contributed by atoms with E-state index in [9.17, 15) is 0 Å². The van der Waals surface area contributed by atoms with E-state index in [4.69, 9.17) is 0 Å². The molecule has 2 N–H and O–H groups in total. The second kappa shape index (κ2) is 7.24. The first-order chi connectivity index (χ1) is 9.67. The lowest BCUT2D eigenvalue weighted by molar-refractivity contribution is 0.785. The zero-order valence-electron chi connectivity index (χ0n) is 12.3. The van der Waals surface area contributed by atoms with Gasteiger partial charge in [-0.2, -0.15) is 16.3 Å². The minimum atomic E-state index is 0.345. The van der Waals surface area contributed by atoms with E-state index in [2.05, 4.69) is 51.3 Å². The van der Waals surface area contributed by atoms with Gasteiger partial charge in [-0.1, -0.05) is 6.92 Å². The molecule has 0 fully saturated rings. The van der Waals surface area contributed by atoms with Crippen molar-refractivity contribution in [3.63, 3.8) is 0 Å². The Bertz CT molecular complexity index is 525. The average molecular weight is 290 g/mol. The molecule has 0 aliphatic carbocycles.